The number of hydrogen-bond acceptors (Lipinski definition) is 4. The van der Waals surface area contributed by atoms with Gasteiger partial charge >= 0.3 is 12.0 Å². The number of urea groups is 1. The summed E-state index contributed by atoms with van der Waals surface area (Å²) in [5, 5.41) is 13.2. The van der Waals surface area contributed by atoms with Crippen LogP contribution in [-0.4, -0.2) is 40.1 Å². The zero-order valence-electron chi connectivity index (χ0n) is 15.7. The molecule has 25 heavy (non-hydrogen) atoms. The van der Waals surface area contributed by atoms with E-state index in [0.29, 0.717) is 18.8 Å². The third kappa shape index (κ3) is 4.71. The normalized spacial score (nSPS) is 21.8. The number of rotatable bonds is 5. The van der Waals surface area contributed by atoms with Gasteiger partial charge in [0.2, 0.25) is 0 Å². The van der Waals surface area contributed by atoms with Gasteiger partial charge in [0.25, 0.3) is 0 Å². The lowest BCUT2D eigenvalue weighted by Crippen LogP contribution is -2.45. The Hall–Kier alpha value is -1.63. The van der Waals surface area contributed by atoms with E-state index < -0.39 is 5.97 Å². The van der Waals surface area contributed by atoms with Gasteiger partial charge in [-0.2, -0.15) is 0 Å². The molecule has 0 bridgehead atoms. The number of aliphatic carboxylic acids is 1. The van der Waals surface area contributed by atoms with E-state index in [1.165, 1.54) is 0 Å². The quantitative estimate of drug-likeness (QED) is 0.826. The van der Waals surface area contributed by atoms with Gasteiger partial charge in [0.05, 0.1) is 22.7 Å². The average molecular weight is 368 g/mol. The molecular weight excluding hydrogens is 338 g/mol. The van der Waals surface area contributed by atoms with Gasteiger partial charge in [0.15, 0.2) is 0 Å². The van der Waals surface area contributed by atoms with E-state index in [9.17, 15) is 9.59 Å². The van der Waals surface area contributed by atoms with Crippen LogP contribution in [0.4, 0.5) is 4.79 Å². The van der Waals surface area contributed by atoms with Crippen molar-refractivity contribution >= 4 is 23.3 Å². The van der Waals surface area contributed by atoms with Crippen molar-refractivity contribution in [1.82, 2.24) is 15.2 Å². The molecule has 1 aromatic heterocycles. The van der Waals surface area contributed by atoms with Gasteiger partial charge in [-0.15, -0.1) is 11.3 Å². The molecule has 2 rings (SSSR count). The number of amides is 2. The highest BCUT2D eigenvalue weighted by molar-refractivity contribution is 7.11. The first-order valence-corrected chi connectivity index (χ1v) is 9.75. The van der Waals surface area contributed by atoms with Crippen molar-refractivity contribution in [3.63, 3.8) is 0 Å². The van der Waals surface area contributed by atoms with E-state index in [2.05, 4.69) is 24.1 Å². The molecule has 1 saturated carbocycles. The lowest BCUT2D eigenvalue weighted by Gasteiger charge is -2.31. The summed E-state index contributed by atoms with van der Waals surface area (Å²) < 4.78 is 0. The van der Waals surface area contributed by atoms with Gasteiger partial charge in [0, 0.05) is 23.9 Å². The number of hydrogen-bond donors (Lipinski definition) is 2. The summed E-state index contributed by atoms with van der Waals surface area (Å²) in [6.45, 7) is 8.26. The largest absolute Gasteiger partial charge is 0.481 e. The Labute approximate surface area is 153 Å². The minimum Gasteiger partial charge on any atom is -0.481 e. The molecule has 0 spiro atoms. The number of nitrogens with zero attached hydrogens (tertiary/aromatic N) is 2. The molecule has 1 atom stereocenters. The van der Waals surface area contributed by atoms with Crippen molar-refractivity contribution in [3.8, 4) is 0 Å². The fourth-order valence-corrected chi connectivity index (χ4v) is 4.34. The topological polar surface area (TPSA) is 82.5 Å². The first kappa shape index (κ1) is 19.7. The Morgan fingerprint density at radius 3 is 2.32 bits per heavy atom. The second-order valence-corrected chi connectivity index (χ2v) is 8.34. The van der Waals surface area contributed by atoms with Crippen LogP contribution < -0.4 is 5.32 Å². The number of carboxylic acid groups (broad SMARTS) is 1. The maximum absolute atomic E-state index is 12.6. The van der Waals surface area contributed by atoms with E-state index in [1.54, 1.807) is 23.3 Å². The number of aromatic nitrogens is 1. The molecule has 0 saturated heterocycles. The van der Waals surface area contributed by atoms with E-state index in [4.69, 9.17) is 5.11 Å². The average Bonchev–Trinajstić information content (AvgIpc) is 2.96. The molecule has 2 amide bonds. The summed E-state index contributed by atoms with van der Waals surface area (Å²) in [5.74, 6) is -0.607. The predicted molar refractivity (Wildman–Crippen MR) is 99.0 cm³/mol. The van der Waals surface area contributed by atoms with Crippen molar-refractivity contribution in [2.24, 2.45) is 5.92 Å². The van der Waals surface area contributed by atoms with E-state index in [0.717, 1.165) is 28.4 Å². The van der Waals surface area contributed by atoms with E-state index in [-0.39, 0.29) is 24.0 Å². The second-order valence-electron chi connectivity index (χ2n) is 7.28. The third-order valence-corrected chi connectivity index (χ3v) is 6.66. The maximum atomic E-state index is 12.6. The molecular formula is C18H29N3O3S. The lowest BCUT2D eigenvalue weighted by atomic mass is 9.86. The van der Waals surface area contributed by atoms with Gasteiger partial charge in [0.1, 0.15) is 0 Å². The SMILES string of the molecule is Cc1nc(C(C)C)sc1C(C)N(C)C(=O)NC1CCC(C(=O)O)CC1. The Bertz CT molecular complexity index is 621. The van der Waals surface area contributed by atoms with Crippen LogP contribution >= 0.6 is 11.3 Å². The number of aryl methyl sites for hydroxylation is 1. The molecule has 7 heteroatoms. The van der Waals surface area contributed by atoms with E-state index in [1.807, 2.05) is 13.8 Å². The van der Waals surface area contributed by atoms with Crippen molar-refractivity contribution in [1.29, 1.82) is 0 Å². The van der Waals surface area contributed by atoms with Crippen molar-refractivity contribution in [2.45, 2.75) is 71.4 Å². The van der Waals surface area contributed by atoms with Crippen LogP contribution in [0.3, 0.4) is 0 Å². The second kappa shape index (κ2) is 8.17. The Morgan fingerprint density at radius 2 is 1.84 bits per heavy atom. The number of carboxylic acids is 1. The number of thiazole rings is 1. The highest BCUT2D eigenvalue weighted by Crippen LogP contribution is 2.32. The minimum atomic E-state index is -0.725. The highest BCUT2D eigenvalue weighted by atomic mass is 32.1. The van der Waals surface area contributed by atoms with Crippen LogP contribution in [-0.2, 0) is 4.79 Å². The Balaban J connectivity index is 1.94. The molecule has 1 fully saturated rings. The van der Waals surface area contributed by atoms with Gasteiger partial charge in [-0.3, -0.25) is 4.79 Å². The summed E-state index contributed by atoms with van der Waals surface area (Å²) in [5.41, 5.74) is 0.989. The molecule has 0 aliphatic heterocycles. The van der Waals surface area contributed by atoms with Gasteiger partial charge in [-0.25, -0.2) is 9.78 Å². The van der Waals surface area contributed by atoms with Crippen molar-refractivity contribution < 1.29 is 14.7 Å². The molecule has 1 aromatic rings. The van der Waals surface area contributed by atoms with Gasteiger partial charge in [-0.1, -0.05) is 13.8 Å². The van der Waals surface area contributed by atoms with Crippen LogP contribution in [0.15, 0.2) is 0 Å². The molecule has 1 heterocycles. The lowest BCUT2D eigenvalue weighted by molar-refractivity contribution is -0.142. The molecule has 6 nitrogen and oxygen atoms in total. The smallest absolute Gasteiger partial charge is 0.317 e. The molecule has 0 aromatic carbocycles. The molecule has 140 valence electrons. The Morgan fingerprint density at radius 1 is 1.24 bits per heavy atom. The van der Waals surface area contributed by atoms with Crippen LogP contribution in [0.5, 0.6) is 0 Å². The predicted octanol–water partition coefficient (Wildman–Crippen LogP) is 3.92. The van der Waals surface area contributed by atoms with Crippen molar-refractivity contribution in [2.75, 3.05) is 7.05 Å². The summed E-state index contributed by atoms with van der Waals surface area (Å²) in [7, 11) is 1.80. The Kier molecular flexibility index (Phi) is 6.43. The first-order valence-electron chi connectivity index (χ1n) is 8.94. The van der Waals surface area contributed by atoms with E-state index >= 15 is 0 Å². The minimum absolute atomic E-state index is 0.0413. The van der Waals surface area contributed by atoms with Crippen molar-refractivity contribution in [3.05, 3.63) is 15.6 Å². The summed E-state index contributed by atoms with van der Waals surface area (Å²) >= 11 is 1.67. The molecule has 2 N–H and O–H groups in total. The fourth-order valence-electron chi connectivity index (χ4n) is 3.18. The van der Waals surface area contributed by atoms with Gasteiger partial charge < -0.3 is 15.3 Å². The molecule has 1 aliphatic rings. The maximum Gasteiger partial charge on any atom is 0.317 e. The summed E-state index contributed by atoms with van der Waals surface area (Å²) in [4.78, 5) is 31.1. The standard InChI is InChI=1S/C18H29N3O3S/c1-10(2)16-19-11(3)15(25-16)12(4)21(5)18(24)20-14-8-6-13(7-9-14)17(22)23/h10,12-14H,6-9H2,1-5H3,(H,20,24)(H,22,23). The monoisotopic (exact) mass is 367 g/mol. The third-order valence-electron chi connectivity index (χ3n) is 5.03. The number of carbonyl (C=O) groups is 2. The molecule has 0 radical (unpaired) electrons. The number of nitrogens with one attached hydrogen (secondary N) is 1. The molecule has 1 aliphatic carbocycles. The van der Waals surface area contributed by atoms with Crippen LogP contribution in [0.1, 0.15) is 74.0 Å². The highest BCUT2D eigenvalue weighted by Gasteiger charge is 2.29. The molecule has 1 unspecified atom stereocenters. The van der Waals surface area contributed by atoms with Crippen LogP contribution in [0, 0.1) is 12.8 Å². The summed E-state index contributed by atoms with van der Waals surface area (Å²) in [6.07, 6.45) is 2.71. The van der Waals surface area contributed by atoms with Crippen LogP contribution in [0.2, 0.25) is 0 Å². The van der Waals surface area contributed by atoms with Crippen LogP contribution in [0.25, 0.3) is 0 Å². The summed E-state index contributed by atoms with van der Waals surface area (Å²) in [6, 6.07) is -0.0861. The number of carbonyl (C=O) groups excluding carboxylic acids is 1. The van der Waals surface area contributed by atoms with Gasteiger partial charge in [-0.05, 0) is 39.5 Å². The first-order chi connectivity index (χ1) is 11.7. The zero-order chi connectivity index (χ0) is 18.7. The fraction of sp³-hybridized carbons (Fsp3) is 0.722. The zero-order valence-corrected chi connectivity index (χ0v) is 16.5.